The van der Waals surface area contributed by atoms with Crippen LogP contribution in [0.2, 0.25) is 5.02 Å². The molecule has 5 nitrogen and oxygen atoms in total. The van der Waals surface area contributed by atoms with E-state index >= 15 is 0 Å². The van der Waals surface area contributed by atoms with Crippen LogP contribution in [-0.2, 0) is 0 Å². The van der Waals surface area contributed by atoms with Crippen molar-refractivity contribution in [2.45, 2.75) is 0 Å². The van der Waals surface area contributed by atoms with Crippen LogP contribution in [0.5, 0.6) is 11.5 Å². The van der Waals surface area contributed by atoms with E-state index in [9.17, 15) is 5.11 Å². The summed E-state index contributed by atoms with van der Waals surface area (Å²) in [6.07, 6.45) is 1.53. The number of hydrogen-bond donors (Lipinski definition) is 3. The van der Waals surface area contributed by atoms with Gasteiger partial charge >= 0.3 is 0 Å². The van der Waals surface area contributed by atoms with Gasteiger partial charge in [-0.05, 0) is 6.07 Å². The number of phenolic OH excluding ortho intramolecular Hbond substituents is 1. The minimum absolute atomic E-state index is 0.0268. The van der Waals surface area contributed by atoms with Crippen molar-refractivity contribution in [3.8, 4) is 22.6 Å². The number of hydrogen-bond acceptors (Lipinski definition) is 4. The van der Waals surface area contributed by atoms with E-state index in [1.165, 1.54) is 19.4 Å². The van der Waals surface area contributed by atoms with Gasteiger partial charge in [0.2, 0.25) is 0 Å². The normalized spacial score (nSPS) is 10.4. The predicted octanol–water partition coefficient (Wildman–Crippen LogP) is 2.03. The molecule has 0 spiro atoms. The number of methoxy groups -OCH3 is 1. The highest BCUT2D eigenvalue weighted by atomic mass is 35.5. The quantitative estimate of drug-likeness (QED) is 0.749. The summed E-state index contributed by atoms with van der Waals surface area (Å²) in [5, 5.41) is 16.5. The fourth-order valence-corrected chi connectivity index (χ4v) is 1.66. The number of phenols is 1. The highest BCUT2D eigenvalue weighted by Crippen LogP contribution is 2.39. The van der Waals surface area contributed by atoms with Crippen LogP contribution in [0.4, 0.5) is 5.82 Å². The number of aromatic nitrogens is 2. The molecule has 0 amide bonds. The third-order valence-corrected chi connectivity index (χ3v) is 2.52. The molecule has 0 fully saturated rings. The number of anilines is 1. The van der Waals surface area contributed by atoms with Crippen molar-refractivity contribution in [2.75, 3.05) is 12.8 Å². The molecule has 0 bridgehead atoms. The highest BCUT2D eigenvalue weighted by Gasteiger charge is 2.13. The molecular weight excluding hydrogens is 230 g/mol. The number of nitrogen functional groups attached to an aromatic ring is 1. The van der Waals surface area contributed by atoms with Gasteiger partial charge in [-0.1, -0.05) is 11.6 Å². The molecule has 0 aliphatic heterocycles. The van der Waals surface area contributed by atoms with Crippen LogP contribution in [0.3, 0.4) is 0 Å². The average molecular weight is 240 g/mol. The minimum atomic E-state index is 0.0268. The predicted molar refractivity (Wildman–Crippen MR) is 61.7 cm³/mol. The first-order valence-corrected chi connectivity index (χ1v) is 4.87. The van der Waals surface area contributed by atoms with Gasteiger partial charge in [-0.15, -0.1) is 0 Å². The number of rotatable bonds is 2. The first-order valence-electron chi connectivity index (χ1n) is 4.49. The number of benzene rings is 1. The van der Waals surface area contributed by atoms with Crippen LogP contribution >= 0.6 is 11.6 Å². The van der Waals surface area contributed by atoms with Gasteiger partial charge < -0.3 is 15.6 Å². The number of aromatic amines is 1. The molecular formula is C10H10ClN3O2. The number of H-pyrrole nitrogens is 1. The summed E-state index contributed by atoms with van der Waals surface area (Å²) in [5.41, 5.74) is 6.79. The first kappa shape index (κ1) is 10.6. The van der Waals surface area contributed by atoms with E-state index in [2.05, 4.69) is 10.2 Å². The number of halogens is 1. The molecule has 0 radical (unpaired) electrons. The summed E-state index contributed by atoms with van der Waals surface area (Å²) >= 11 is 5.86. The zero-order chi connectivity index (χ0) is 11.7. The summed E-state index contributed by atoms with van der Waals surface area (Å²) in [5.74, 6) is 0.869. The van der Waals surface area contributed by atoms with E-state index < -0.39 is 0 Å². The zero-order valence-electron chi connectivity index (χ0n) is 8.49. The number of nitrogens with two attached hydrogens (primary N) is 1. The molecule has 2 rings (SSSR count). The van der Waals surface area contributed by atoms with Gasteiger partial charge in [0.1, 0.15) is 17.3 Å². The lowest BCUT2D eigenvalue weighted by atomic mass is 10.1. The smallest absolute Gasteiger partial charge is 0.138 e. The van der Waals surface area contributed by atoms with Gasteiger partial charge in [-0.25, -0.2) is 0 Å². The highest BCUT2D eigenvalue weighted by molar-refractivity contribution is 6.32. The number of nitrogens with one attached hydrogen (secondary N) is 1. The Labute approximate surface area is 96.8 Å². The second kappa shape index (κ2) is 3.94. The molecule has 0 atom stereocenters. The van der Waals surface area contributed by atoms with Crippen molar-refractivity contribution in [1.29, 1.82) is 0 Å². The summed E-state index contributed by atoms with van der Waals surface area (Å²) in [6.45, 7) is 0. The molecule has 0 saturated carbocycles. The SMILES string of the molecule is COc1cc(-c2cn[nH]c2N)c(O)cc1Cl. The molecule has 0 saturated heterocycles. The van der Waals surface area contributed by atoms with Gasteiger partial charge in [0.25, 0.3) is 0 Å². The molecule has 1 heterocycles. The second-order valence-corrected chi connectivity index (χ2v) is 3.61. The van der Waals surface area contributed by atoms with E-state index in [0.717, 1.165) is 0 Å². The largest absolute Gasteiger partial charge is 0.507 e. The summed E-state index contributed by atoms with van der Waals surface area (Å²) in [7, 11) is 1.50. The number of nitrogens with zero attached hydrogens (tertiary/aromatic N) is 1. The third-order valence-electron chi connectivity index (χ3n) is 2.23. The van der Waals surface area contributed by atoms with E-state index in [1.54, 1.807) is 6.07 Å². The summed E-state index contributed by atoms with van der Waals surface area (Å²) < 4.78 is 5.06. The zero-order valence-corrected chi connectivity index (χ0v) is 9.25. The summed E-state index contributed by atoms with van der Waals surface area (Å²) in [4.78, 5) is 0. The molecule has 16 heavy (non-hydrogen) atoms. The lowest BCUT2D eigenvalue weighted by Crippen LogP contribution is -1.90. The van der Waals surface area contributed by atoms with Crippen LogP contribution in [0.1, 0.15) is 0 Å². The molecule has 2 aromatic rings. The van der Waals surface area contributed by atoms with Gasteiger partial charge in [-0.3, -0.25) is 5.10 Å². The number of aromatic hydroxyl groups is 1. The van der Waals surface area contributed by atoms with Crippen molar-refractivity contribution < 1.29 is 9.84 Å². The monoisotopic (exact) mass is 239 g/mol. The Bertz CT molecular complexity index is 525. The molecule has 1 aromatic heterocycles. The van der Waals surface area contributed by atoms with Crippen molar-refractivity contribution in [1.82, 2.24) is 10.2 Å². The average Bonchev–Trinajstić information content (AvgIpc) is 2.65. The Hall–Kier alpha value is -1.88. The van der Waals surface area contributed by atoms with E-state index in [-0.39, 0.29) is 5.75 Å². The van der Waals surface area contributed by atoms with Gasteiger partial charge in [0.15, 0.2) is 0 Å². The standard InChI is InChI=1S/C10H10ClN3O2/c1-16-9-2-5(8(15)3-7(9)11)6-4-13-14-10(6)12/h2-4,15H,1H3,(H3,12,13,14). The Morgan fingerprint density at radius 1 is 1.44 bits per heavy atom. The van der Waals surface area contributed by atoms with E-state index in [1.807, 2.05) is 0 Å². The Kier molecular flexibility index (Phi) is 2.62. The maximum absolute atomic E-state index is 9.77. The van der Waals surface area contributed by atoms with E-state index in [0.29, 0.717) is 27.7 Å². The van der Waals surface area contributed by atoms with Gasteiger partial charge in [0.05, 0.1) is 18.3 Å². The fraction of sp³-hybridized carbons (Fsp3) is 0.100. The van der Waals surface area contributed by atoms with Crippen LogP contribution in [0.15, 0.2) is 18.3 Å². The number of ether oxygens (including phenoxy) is 1. The van der Waals surface area contributed by atoms with Crippen LogP contribution in [-0.4, -0.2) is 22.4 Å². The minimum Gasteiger partial charge on any atom is -0.507 e. The first-order chi connectivity index (χ1) is 7.63. The molecule has 84 valence electrons. The Morgan fingerprint density at radius 3 is 2.75 bits per heavy atom. The lowest BCUT2D eigenvalue weighted by molar-refractivity contribution is 0.413. The van der Waals surface area contributed by atoms with E-state index in [4.69, 9.17) is 22.1 Å². The topological polar surface area (TPSA) is 84.2 Å². The maximum atomic E-state index is 9.77. The van der Waals surface area contributed by atoms with Crippen LogP contribution < -0.4 is 10.5 Å². The fourth-order valence-electron chi connectivity index (χ4n) is 1.43. The molecule has 0 unspecified atom stereocenters. The lowest BCUT2D eigenvalue weighted by Gasteiger charge is -2.08. The third kappa shape index (κ3) is 1.65. The maximum Gasteiger partial charge on any atom is 0.138 e. The van der Waals surface area contributed by atoms with Crippen molar-refractivity contribution in [3.63, 3.8) is 0 Å². The Balaban J connectivity index is 2.61. The van der Waals surface area contributed by atoms with Gasteiger partial charge in [0, 0.05) is 17.2 Å². The second-order valence-electron chi connectivity index (χ2n) is 3.20. The molecule has 1 aromatic carbocycles. The molecule has 0 aliphatic rings. The van der Waals surface area contributed by atoms with Crippen molar-refractivity contribution >= 4 is 17.4 Å². The van der Waals surface area contributed by atoms with Crippen LogP contribution in [0, 0.1) is 0 Å². The summed E-state index contributed by atoms with van der Waals surface area (Å²) in [6, 6.07) is 3.01. The molecule has 0 aliphatic carbocycles. The van der Waals surface area contributed by atoms with Crippen molar-refractivity contribution in [3.05, 3.63) is 23.4 Å². The molecule has 6 heteroatoms. The molecule has 4 N–H and O–H groups in total. The van der Waals surface area contributed by atoms with Crippen molar-refractivity contribution in [2.24, 2.45) is 0 Å². The van der Waals surface area contributed by atoms with Crippen LogP contribution in [0.25, 0.3) is 11.1 Å². The Morgan fingerprint density at radius 2 is 2.19 bits per heavy atom. The van der Waals surface area contributed by atoms with Gasteiger partial charge in [-0.2, -0.15) is 5.10 Å².